The third-order valence-electron chi connectivity index (χ3n) is 4.84. The molecule has 3 rings (SSSR count). The van der Waals surface area contributed by atoms with Crippen LogP contribution in [-0.4, -0.2) is 40.0 Å². The number of benzene rings is 1. The number of aromatic amines is 1. The molecule has 1 aromatic carbocycles. The number of nitrogens with one attached hydrogen (secondary N) is 1. The Labute approximate surface area is 151 Å². The Balaban J connectivity index is 1.81. The molecule has 1 amide bonds. The Morgan fingerprint density at radius 1 is 1.23 bits per heavy atom. The van der Waals surface area contributed by atoms with Crippen molar-refractivity contribution in [3.8, 4) is 0 Å². The third-order valence-corrected chi connectivity index (χ3v) is 4.84. The van der Waals surface area contributed by atoms with Crippen LogP contribution in [-0.2, 0) is 6.42 Å². The van der Waals surface area contributed by atoms with Crippen LogP contribution in [0, 0.1) is 0 Å². The second kappa shape index (κ2) is 7.56. The molecule has 1 atom stereocenters. The molecule has 2 aromatic rings. The van der Waals surface area contributed by atoms with Crippen molar-refractivity contribution < 1.29 is 14.7 Å². The van der Waals surface area contributed by atoms with Gasteiger partial charge in [-0.1, -0.05) is 19.1 Å². The van der Waals surface area contributed by atoms with Crippen molar-refractivity contribution in [1.29, 1.82) is 0 Å². The molecule has 0 unspecified atom stereocenters. The number of likely N-dealkylation sites (tertiary alicyclic amines) is 1. The van der Waals surface area contributed by atoms with Gasteiger partial charge in [-0.15, -0.1) is 0 Å². The number of carbonyl (C=O) groups excluding carboxylic acids is 1. The van der Waals surface area contributed by atoms with Crippen LogP contribution < -0.4 is 5.56 Å². The van der Waals surface area contributed by atoms with Crippen molar-refractivity contribution in [3.63, 3.8) is 0 Å². The van der Waals surface area contributed by atoms with E-state index in [9.17, 15) is 19.5 Å². The summed E-state index contributed by atoms with van der Waals surface area (Å²) in [5.41, 5.74) is 2.07. The van der Waals surface area contributed by atoms with Gasteiger partial charge >= 0.3 is 5.97 Å². The van der Waals surface area contributed by atoms with Gasteiger partial charge in [-0.25, -0.2) is 4.79 Å². The molecule has 0 radical (unpaired) electrons. The number of carboxylic acids is 1. The van der Waals surface area contributed by atoms with Crippen molar-refractivity contribution in [2.45, 2.75) is 32.1 Å². The Bertz CT molecular complexity index is 887. The Hall–Kier alpha value is -2.89. The molecule has 0 bridgehead atoms. The number of carbonyl (C=O) groups is 2. The summed E-state index contributed by atoms with van der Waals surface area (Å²) in [7, 11) is 0. The molecule has 2 heterocycles. The van der Waals surface area contributed by atoms with Crippen molar-refractivity contribution >= 4 is 11.9 Å². The molecule has 136 valence electrons. The minimum atomic E-state index is -0.953. The number of rotatable bonds is 4. The molecule has 26 heavy (non-hydrogen) atoms. The number of aryl methyl sites for hydroxylation is 1. The Morgan fingerprint density at radius 2 is 2.04 bits per heavy atom. The van der Waals surface area contributed by atoms with Gasteiger partial charge in [0.25, 0.3) is 5.91 Å². The molecule has 1 aromatic heterocycles. The first kappa shape index (κ1) is 17.9. The highest BCUT2D eigenvalue weighted by Crippen LogP contribution is 2.28. The van der Waals surface area contributed by atoms with E-state index in [2.05, 4.69) is 4.98 Å². The fraction of sp³-hybridized carbons (Fsp3) is 0.350. The first-order valence-electron chi connectivity index (χ1n) is 8.83. The number of pyridine rings is 1. The van der Waals surface area contributed by atoms with E-state index < -0.39 is 5.97 Å². The lowest BCUT2D eigenvalue weighted by Gasteiger charge is -2.33. The summed E-state index contributed by atoms with van der Waals surface area (Å²) in [5, 5.41) is 9.17. The van der Waals surface area contributed by atoms with Gasteiger partial charge in [0.2, 0.25) is 5.56 Å². The molecular weight excluding hydrogens is 332 g/mol. The highest BCUT2D eigenvalue weighted by molar-refractivity contribution is 5.94. The molecule has 1 fully saturated rings. The molecule has 0 saturated carbocycles. The lowest BCUT2D eigenvalue weighted by atomic mass is 9.89. The predicted molar refractivity (Wildman–Crippen MR) is 97.7 cm³/mol. The van der Waals surface area contributed by atoms with Crippen LogP contribution >= 0.6 is 0 Å². The van der Waals surface area contributed by atoms with Crippen molar-refractivity contribution in [2.24, 2.45) is 0 Å². The fourth-order valence-electron chi connectivity index (χ4n) is 3.46. The van der Waals surface area contributed by atoms with Crippen LogP contribution in [0.25, 0.3) is 0 Å². The van der Waals surface area contributed by atoms with Crippen LogP contribution in [0.1, 0.15) is 57.7 Å². The average Bonchev–Trinajstić information content (AvgIpc) is 2.67. The molecule has 6 nitrogen and oxygen atoms in total. The van der Waals surface area contributed by atoms with Gasteiger partial charge in [0.15, 0.2) is 0 Å². The third kappa shape index (κ3) is 3.85. The van der Waals surface area contributed by atoms with Gasteiger partial charge in [0, 0.05) is 36.3 Å². The van der Waals surface area contributed by atoms with E-state index in [0.717, 1.165) is 24.1 Å². The zero-order valence-electron chi connectivity index (χ0n) is 14.7. The number of hydrogen-bond donors (Lipinski definition) is 2. The number of nitrogens with zero attached hydrogens (tertiary/aromatic N) is 1. The SMILES string of the molecule is CCc1cc(C(=O)N2CCC[C@@H](c3cccc(C(=O)O)c3)C2)cc(=O)[nH]1. The number of aromatic carboxylic acids is 1. The quantitative estimate of drug-likeness (QED) is 0.883. The average molecular weight is 354 g/mol. The smallest absolute Gasteiger partial charge is 0.335 e. The Morgan fingerprint density at radius 3 is 2.77 bits per heavy atom. The fourth-order valence-corrected chi connectivity index (χ4v) is 3.46. The summed E-state index contributed by atoms with van der Waals surface area (Å²) in [5.74, 6) is -1.00. The molecule has 1 saturated heterocycles. The minimum absolute atomic E-state index is 0.0969. The standard InChI is InChI=1S/C20H22N2O4/c1-2-17-10-16(11-18(23)21-17)19(24)22-8-4-7-15(12-22)13-5-3-6-14(9-13)20(25)26/h3,5-6,9-11,15H,2,4,7-8,12H2,1H3,(H,21,23)(H,25,26)/t15-/m1/s1. The molecule has 2 N–H and O–H groups in total. The van der Waals surface area contributed by atoms with Gasteiger partial charge in [-0.05, 0) is 43.0 Å². The highest BCUT2D eigenvalue weighted by atomic mass is 16.4. The summed E-state index contributed by atoms with van der Waals surface area (Å²) in [4.78, 5) is 40.3. The van der Waals surface area contributed by atoms with Crippen LogP contribution in [0.3, 0.4) is 0 Å². The van der Waals surface area contributed by atoms with E-state index in [1.165, 1.54) is 6.07 Å². The van der Waals surface area contributed by atoms with E-state index >= 15 is 0 Å². The molecule has 0 aliphatic carbocycles. The summed E-state index contributed by atoms with van der Waals surface area (Å²) in [6.07, 6.45) is 2.40. The number of hydrogen-bond acceptors (Lipinski definition) is 3. The van der Waals surface area contributed by atoms with Gasteiger partial charge in [-0.2, -0.15) is 0 Å². The Kier molecular flexibility index (Phi) is 5.21. The topological polar surface area (TPSA) is 90.5 Å². The number of amides is 1. The van der Waals surface area contributed by atoms with E-state index in [-0.39, 0.29) is 22.9 Å². The molecule has 0 spiro atoms. The van der Waals surface area contributed by atoms with Gasteiger partial charge in [-0.3, -0.25) is 9.59 Å². The molecule has 6 heteroatoms. The van der Waals surface area contributed by atoms with E-state index in [4.69, 9.17) is 0 Å². The molecular formula is C20H22N2O4. The molecule has 1 aliphatic heterocycles. The second-order valence-corrected chi connectivity index (χ2v) is 6.63. The maximum absolute atomic E-state index is 12.9. The van der Waals surface area contributed by atoms with E-state index in [1.807, 2.05) is 13.0 Å². The van der Waals surface area contributed by atoms with Crippen LogP contribution in [0.15, 0.2) is 41.2 Å². The molecule has 1 aliphatic rings. The predicted octanol–water partition coefficient (Wildman–Crippen LogP) is 2.66. The van der Waals surface area contributed by atoms with Crippen molar-refractivity contribution in [2.75, 3.05) is 13.1 Å². The zero-order chi connectivity index (χ0) is 18.7. The van der Waals surface area contributed by atoms with Gasteiger partial charge in [0.05, 0.1) is 5.56 Å². The number of carboxylic acid groups (broad SMARTS) is 1. The largest absolute Gasteiger partial charge is 0.478 e. The van der Waals surface area contributed by atoms with Gasteiger partial charge < -0.3 is 15.0 Å². The number of piperidine rings is 1. The second-order valence-electron chi connectivity index (χ2n) is 6.63. The maximum Gasteiger partial charge on any atom is 0.335 e. The van der Waals surface area contributed by atoms with Gasteiger partial charge in [0.1, 0.15) is 0 Å². The van der Waals surface area contributed by atoms with Crippen LogP contribution in [0.5, 0.6) is 0 Å². The number of H-pyrrole nitrogens is 1. The van der Waals surface area contributed by atoms with Crippen molar-refractivity contribution in [3.05, 3.63) is 69.1 Å². The normalized spacial score (nSPS) is 17.1. The van der Waals surface area contributed by atoms with Crippen molar-refractivity contribution in [1.82, 2.24) is 9.88 Å². The minimum Gasteiger partial charge on any atom is -0.478 e. The summed E-state index contributed by atoms with van der Waals surface area (Å²) >= 11 is 0. The maximum atomic E-state index is 12.9. The lowest BCUT2D eigenvalue weighted by Crippen LogP contribution is -2.39. The van der Waals surface area contributed by atoms with E-state index in [1.54, 1.807) is 29.2 Å². The van der Waals surface area contributed by atoms with Crippen LogP contribution in [0.2, 0.25) is 0 Å². The van der Waals surface area contributed by atoms with E-state index in [0.29, 0.717) is 25.1 Å². The summed E-state index contributed by atoms with van der Waals surface area (Å²) < 4.78 is 0. The van der Waals surface area contributed by atoms with Crippen LogP contribution in [0.4, 0.5) is 0 Å². The summed E-state index contributed by atoms with van der Waals surface area (Å²) in [6, 6.07) is 9.98. The monoisotopic (exact) mass is 354 g/mol. The zero-order valence-corrected chi connectivity index (χ0v) is 14.7. The lowest BCUT2D eigenvalue weighted by molar-refractivity contribution is 0.0687. The summed E-state index contributed by atoms with van der Waals surface area (Å²) in [6.45, 7) is 3.09. The highest BCUT2D eigenvalue weighted by Gasteiger charge is 2.26. The number of aromatic nitrogens is 1. The first-order valence-corrected chi connectivity index (χ1v) is 8.83. The first-order chi connectivity index (χ1) is 12.5.